The Bertz CT molecular complexity index is 396. The Morgan fingerprint density at radius 2 is 1.72 bits per heavy atom. The summed E-state index contributed by atoms with van der Waals surface area (Å²) in [5, 5.41) is 0.589. The van der Waals surface area contributed by atoms with E-state index < -0.39 is 7.82 Å². The summed E-state index contributed by atoms with van der Waals surface area (Å²) in [5.41, 5.74) is 1.41. The standard InChI is InChI=1S/C11H15NS.H3O4P/c1-9(12-7-11(13)8-12)10-5-3-2-4-6-10;1-5(2,3)4/h2-6,9,11,13H,7-8H2,1H3;(H3,1,2,3,4)/t9-;/m1./s1. The monoisotopic (exact) mass is 291 g/mol. The molecule has 0 amide bonds. The van der Waals surface area contributed by atoms with Crippen LogP contribution >= 0.6 is 20.5 Å². The highest BCUT2D eigenvalue weighted by Gasteiger charge is 2.27. The van der Waals surface area contributed by atoms with E-state index in [2.05, 4.69) is 54.8 Å². The Kier molecular flexibility index (Phi) is 5.85. The molecule has 0 bridgehead atoms. The van der Waals surface area contributed by atoms with E-state index in [0.717, 1.165) is 13.1 Å². The molecule has 0 saturated carbocycles. The van der Waals surface area contributed by atoms with Gasteiger partial charge in [-0.3, -0.25) is 4.90 Å². The van der Waals surface area contributed by atoms with Gasteiger partial charge < -0.3 is 14.7 Å². The molecule has 1 saturated heterocycles. The molecule has 18 heavy (non-hydrogen) atoms. The smallest absolute Gasteiger partial charge is 0.303 e. The largest absolute Gasteiger partial charge is 0.466 e. The summed E-state index contributed by atoms with van der Waals surface area (Å²) >= 11 is 4.41. The van der Waals surface area contributed by atoms with Crippen molar-refractivity contribution in [2.24, 2.45) is 0 Å². The molecule has 1 heterocycles. The van der Waals surface area contributed by atoms with E-state index in [9.17, 15) is 0 Å². The van der Waals surface area contributed by atoms with Crippen LogP contribution in [0.2, 0.25) is 0 Å². The van der Waals surface area contributed by atoms with E-state index in [1.54, 1.807) is 0 Å². The Balaban J connectivity index is 0.000000280. The average Bonchev–Trinajstić information content (AvgIpc) is 2.23. The lowest BCUT2D eigenvalue weighted by molar-refractivity contribution is 0.137. The van der Waals surface area contributed by atoms with Gasteiger partial charge in [0.05, 0.1) is 0 Å². The molecule has 1 aromatic carbocycles. The van der Waals surface area contributed by atoms with E-state index in [-0.39, 0.29) is 0 Å². The molecule has 3 N–H and O–H groups in total. The van der Waals surface area contributed by atoms with Gasteiger partial charge >= 0.3 is 7.82 Å². The van der Waals surface area contributed by atoms with E-state index in [1.807, 2.05) is 0 Å². The lowest BCUT2D eigenvalue weighted by atomic mass is 10.0. The fourth-order valence-corrected chi connectivity index (χ4v) is 2.17. The SMILES string of the molecule is C[C@H](c1ccccc1)N1CC(S)C1.O=P(O)(O)O. The molecule has 2 rings (SSSR count). The number of nitrogens with zero attached hydrogens (tertiary/aromatic N) is 1. The summed E-state index contributed by atoms with van der Waals surface area (Å²) < 4.78 is 8.88. The molecule has 1 aliphatic heterocycles. The van der Waals surface area contributed by atoms with Gasteiger partial charge in [-0.25, -0.2) is 4.57 Å². The highest BCUT2D eigenvalue weighted by molar-refractivity contribution is 7.81. The molecule has 0 radical (unpaired) electrons. The highest BCUT2D eigenvalue weighted by Crippen LogP contribution is 2.27. The number of thiol groups is 1. The summed E-state index contributed by atoms with van der Waals surface area (Å²) in [7, 11) is -4.64. The van der Waals surface area contributed by atoms with Crippen LogP contribution in [0.5, 0.6) is 0 Å². The Morgan fingerprint density at radius 1 is 1.28 bits per heavy atom. The Labute approximate surface area is 112 Å². The van der Waals surface area contributed by atoms with Crippen LogP contribution in [0.25, 0.3) is 0 Å². The molecule has 1 aromatic rings. The zero-order valence-corrected chi connectivity index (χ0v) is 11.8. The third-order valence-electron chi connectivity index (χ3n) is 2.72. The first kappa shape index (κ1) is 15.7. The number of hydrogen-bond acceptors (Lipinski definition) is 3. The van der Waals surface area contributed by atoms with Crippen molar-refractivity contribution >= 4 is 20.5 Å². The van der Waals surface area contributed by atoms with Gasteiger partial charge in [-0.1, -0.05) is 30.3 Å². The molecular formula is C11H18NO4PS. The minimum atomic E-state index is -4.64. The van der Waals surface area contributed by atoms with E-state index >= 15 is 0 Å². The third kappa shape index (κ3) is 6.00. The van der Waals surface area contributed by atoms with Gasteiger partial charge in [0.1, 0.15) is 0 Å². The molecule has 0 aliphatic carbocycles. The van der Waals surface area contributed by atoms with Crippen molar-refractivity contribution in [1.29, 1.82) is 0 Å². The highest BCUT2D eigenvalue weighted by atomic mass is 32.1. The summed E-state index contributed by atoms with van der Waals surface area (Å²) in [4.78, 5) is 24.0. The second kappa shape index (κ2) is 6.70. The van der Waals surface area contributed by atoms with Gasteiger partial charge in [0.25, 0.3) is 0 Å². The molecule has 102 valence electrons. The normalized spacial score (nSPS) is 18.5. The summed E-state index contributed by atoms with van der Waals surface area (Å²) in [6.07, 6.45) is 0. The van der Waals surface area contributed by atoms with Gasteiger partial charge in [0.15, 0.2) is 0 Å². The van der Waals surface area contributed by atoms with Crippen LogP contribution in [0.3, 0.4) is 0 Å². The van der Waals surface area contributed by atoms with Crippen molar-refractivity contribution in [1.82, 2.24) is 4.90 Å². The van der Waals surface area contributed by atoms with E-state index in [4.69, 9.17) is 19.2 Å². The summed E-state index contributed by atoms with van der Waals surface area (Å²) in [6.45, 7) is 4.51. The topological polar surface area (TPSA) is 81.0 Å². The number of benzene rings is 1. The average molecular weight is 291 g/mol. The number of phosphoric acid groups is 1. The van der Waals surface area contributed by atoms with Crippen LogP contribution in [0, 0.1) is 0 Å². The van der Waals surface area contributed by atoms with E-state index in [1.165, 1.54) is 5.56 Å². The lowest BCUT2D eigenvalue weighted by Gasteiger charge is -2.41. The van der Waals surface area contributed by atoms with Crippen LogP contribution in [0.1, 0.15) is 18.5 Å². The zero-order valence-electron chi connectivity index (χ0n) is 10.0. The van der Waals surface area contributed by atoms with Crippen LogP contribution in [-0.4, -0.2) is 37.9 Å². The molecule has 5 nitrogen and oxygen atoms in total. The first-order chi connectivity index (χ1) is 8.27. The van der Waals surface area contributed by atoms with Crippen molar-refractivity contribution in [2.75, 3.05) is 13.1 Å². The Morgan fingerprint density at radius 3 is 2.11 bits per heavy atom. The number of rotatable bonds is 2. The second-order valence-corrected chi connectivity index (χ2v) is 5.96. The van der Waals surface area contributed by atoms with Crippen molar-refractivity contribution in [2.45, 2.75) is 18.2 Å². The van der Waals surface area contributed by atoms with Crippen molar-refractivity contribution in [3.8, 4) is 0 Å². The van der Waals surface area contributed by atoms with Gasteiger partial charge in [-0.2, -0.15) is 12.6 Å². The van der Waals surface area contributed by atoms with Crippen LogP contribution in [0.15, 0.2) is 30.3 Å². The molecule has 1 aliphatic rings. The van der Waals surface area contributed by atoms with Crippen LogP contribution in [0.4, 0.5) is 0 Å². The summed E-state index contributed by atoms with van der Waals surface area (Å²) in [5.74, 6) is 0. The lowest BCUT2D eigenvalue weighted by Crippen LogP contribution is -2.48. The van der Waals surface area contributed by atoms with Crippen LogP contribution in [-0.2, 0) is 4.57 Å². The van der Waals surface area contributed by atoms with Crippen molar-refractivity contribution in [3.05, 3.63) is 35.9 Å². The first-order valence-electron chi connectivity index (χ1n) is 5.52. The molecule has 1 fully saturated rings. The molecule has 1 atom stereocenters. The first-order valence-corrected chi connectivity index (χ1v) is 7.61. The Hall–Kier alpha value is -0.360. The zero-order chi connectivity index (χ0) is 13.8. The number of hydrogen-bond donors (Lipinski definition) is 4. The van der Waals surface area contributed by atoms with Crippen molar-refractivity contribution in [3.63, 3.8) is 0 Å². The second-order valence-electron chi connectivity index (χ2n) is 4.21. The van der Waals surface area contributed by atoms with Gasteiger partial charge in [0, 0.05) is 24.4 Å². The van der Waals surface area contributed by atoms with Gasteiger partial charge in [-0.15, -0.1) is 0 Å². The van der Waals surface area contributed by atoms with Crippen molar-refractivity contribution < 1.29 is 19.2 Å². The molecule has 7 heteroatoms. The predicted molar refractivity (Wildman–Crippen MR) is 73.5 cm³/mol. The summed E-state index contributed by atoms with van der Waals surface area (Å²) in [6, 6.07) is 11.2. The molecule has 0 unspecified atom stereocenters. The fraction of sp³-hybridized carbons (Fsp3) is 0.455. The van der Waals surface area contributed by atoms with E-state index in [0.29, 0.717) is 11.3 Å². The maximum absolute atomic E-state index is 8.88. The quantitative estimate of drug-likeness (QED) is 0.489. The maximum atomic E-state index is 8.88. The molecular weight excluding hydrogens is 273 g/mol. The van der Waals surface area contributed by atoms with Gasteiger partial charge in [0.2, 0.25) is 0 Å². The minimum absolute atomic E-state index is 0.546. The molecule has 0 aromatic heterocycles. The van der Waals surface area contributed by atoms with Crippen LogP contribution < -0.4 is 0 Å². The predicted octanol–water partition coefficient (Wildman–Crippen LogP) is 1.43. The molecule has 0 spiro atoms. The number of likely N-dealkylation sites (tertiary alicyclic amines) is 1. The van der Waals surface area contributed by atoms with Gasteiger partial charge in [-0.05, 0) is 12.5 Å². The maximum Gasteiger partial charge on any atom is 0.466 e. The minimum Gasteiger partial charge on any atom is -0.303 e. The third-order valence-corrected chi connectivity index (χ3v) is 3.05. The fourth-order valence-electron chi connectivity index (χ4n) is 1.75.